The lowest BCUT2D eigenvalue weighted by Crippen LogP contribution is -2.08. The average Bonchev–Trinajstić information content (AvgIpc) is 2.83. The van der Waals surface area contributed by atoms with Gasteiger partial charge in [-0.3, -0.25) is 9.11 Å². The second kappa shape index (κ2) is 9.34. The van der Waals surface area contributed by atoms with Crippen LogP contribution in [-0.4, -0.2) is 55.8 Å². The summed E-state index contributed by atoms with van der Waals surface area (Å²) in [7, 11) is -9.76. The summed E-state index contributed by atoms with van der Waals surface area (Å²) in [5.74, 6) is -0.234. The number of hydrogen-bond acceptors (Lipinski definition) is 12. The van der Waals surface area contributed by atoms with Crippen LogP contribution in [0.1, 0.15) is 11.1 Å². The van der Waals surface area contributed by atoms with Crippen LogP contribution in [0.3, 0.4) is 0 Å². The Balaban J connectivity index is 1.97. The van der Waals surface area contributed by atoms with E-state index in [0.29, 0.717) is 0 Å². The van der Waals surface area contributed by atoms with Crippen molar-refractivity contribution in [1.29, 1.82) is 0 Å². The Bertz CT molecular complexity index is 1570. The van der Waals surface area contributed by atoms with Crippen LogP contribution in [0.4, 0.5) is 11.4 Å². The molecule has 0 saturated carbocycles. The number of nitrogens with two attached hydrogens (primary N) is 2. The lowest BCUT2D eigenvalue weighted by atomic mass is 10.0. The summed E-state index contributed by atoms with van der Waals surface area (Å²) >= 11 is 0. The number of rotatable bonds is 6. The van der Waals surface area contributed by atoms with Gasteiger partial charge in [-0.2, -0.15) is 16.8 Å². The quantitative estimate of drug-likeness (QED) is 0.156. The molecule has 2 aromatic carbocycles. The molecule has 0 spiro atoms. The number of hydrogen-bond donors (Lipinski definition) is 4. The van der Waals surface area contributed by atoms with Crippen molar-refractivity contribution in [1.82, 2.24) is 29.9 Å². The zero-order valence-electron chi connectivity index (χ0n) is 18.0. The van der Waals surface area contributed by atoms with Crippen LogP contribution in [0, 0.1) is 0 Å². The maximum Gasteiger partial charge on any atom is 0.295 e. The van der Waals surface area contributed by atoms with Gasteiger partial charge >= 0.3 is 0 Å². The summed E-state index contributed by atoms with van der Waals surface area (Å²) in [4.78, 5) is 21.7. The minimum atomic E-state index is -4.88. The molecule has 2 aromatic heterocycles. The Morgan fingerprint density at radius 3 is 1.25 bits per heavy atom. The van der Waals surface area contributed by atoms with E-state index in [1.807, 2.05) is 0 Å². The van der Waals surface area contributed by atoms with Gasteiger partial charge in [0.1, 0.15) is 35.1 Å². The molecule has 0 unspecified atom stereocenters. The van der Waals surface area contributed by atoms with Crippen molar-refractivity contribution in [3.63, 3.8) is 0 Å². The summed E-state index contributed by atoms with van der Waals surface area (Å²) in [6, 6.07) is 5.29. The van der Waals surface area contributed by atoms with Gasteiger partial charge in [-0.25, -0.2) is 29.9 Å². The molecule has 0 amide bonds. The maximum atomic E-state index is 12.3. The van der Waals surface area contributed by atoms with Crippen molar-refractivity contribution in [3.8, 4) is 22.8 Å². The van der Waals surface area contributed by atoms with E-state index in [2.05, 4.69) is 29.9 Å². The molecular weight excluding hydrogens is 512 g/mol. The highest BCUT2D eigenvalue weighted by Crippen LogP contribution is 2.36. The summed E-state index contributed by atoms with van der Waals surface area (Å²) in [6.45, 7) is 0. The van der Waals surface area contributed by atoms with Crippen molar-refractivity contribution >= 4 is 43.8 Å². The van der Waals surface area contributed by atoms with Gasteiger partial charge in [0.15, 0.2) is 11.6 Å². The zero-order chi connectivity index (χ0) is 26.1. The molecular formula is C20H16N8O6S2. The fraction of sp³-hybridized carbons (Fsp3) is 0. The third-order valence-corrected chi connectivity index (χ3v) is 6.74. The maximum absolute atomic E-state index is 12.3. The summed E-state index contributed by atoms with van der Waals surface area (Å²) < 4.78 is 69.3. The van der Waals surface area contributed by atoms with Crippen molar-refractivity contribution in [2.75, 3.05) is 11.5 Å². The number of benzene rings is 2. The second-order valence-electron chi connectivity index (χ2n) is 7.10. The first-order valence-electron chi connectivity index (χ1n) is 9.71. The Hall–Kier alpha value is -4.38. The van der Waals surface area contributed by atoms with E-state index in [0.717, 1.165) is 25.3 Å². The predicted molar refractivity (Wildman–Crippen MR) is 128 cm³/mol. The lowest BCUT2D eigenvalue weighted by Gasteiger charge is -2.13. The van der Waals surface area contributed by atoms with Crippen molar-refractivity contribution < 1.29 is 25.9 Å². The SMILES string of the molecule is Nc1ccc(/C=C/c2ccc(N)c(-c3ncncn3)c2S(=O)(=O)O)c(S(=O)(=O)O)c1-c1ncncn1. The molecule has 0 aliphatic rings. The van der Waals surface area contributed by atoms with Crippen LogP contribution in [0.15, 0.2) is 59.4 Å². The summed E-state index contributed by atoms with van der Waals surface area (Å²) in [6.07, 6.45) is 6.87. The van der Waals surface area contributed by atoms with E-state index in [1.165, 1.54) is 36.4 Å². The highest BCUT2D eigenvalue weighted by atomic mass is 32.2. The molecule has 4 rings (SSSR count). The number of anilines is 2. The third-order valence-electron chi connectivity index (χ3n) is 4.83. The Morgan fingerprint density at radius 1 is 0.611 bits per heavy atom. The van der Waals surface area contributed by atoms with E-state index < -0.39 is 30.0 Å². The molecule has 0 aliphatic heterocycles. The van der Waals surface area contributed by atoms with Crippen LogP contribution in [-0.2, 0) is 20.2 Å². The first-order valence-corrected chi connectivity index (χ1v) is 12.6. The Kier molecular flexibility index (Phi) is 6.42. The van der Waals surface area contributed by atoms with E-state index >= 15 is 0 Å². The number of nitrogen functional groups attached to an aromatic ring is 2. The van der Waals surface area contributed by atoms with Crippen LogP contribution >= 0.6 is 0 Å². The van der Waals surface area contributed by atoms with Crippen LogP contribution in [0.25, 0.3) is 34.9 Å². The van der Waals surface area contributed by atoms with Crippen molar-refractivity contribution in [3.05, 3.63) is 60.7 Å². The largest absolute Gasteiger partial charge is 0.398 e. The average molecular weight is 529 g/mol. The second-order valence-corrected chi connectivity index (χ2v) is 9.82. The topological polar surface area (TPSA) is 238 Å². The fourth-order valence-electron chi connectivity index (χ4n) is 3.42. The molecule has 0 radical (unpaired) electrons. The molecule has 184 valence electrons. The van der Waals surface area contributed by atoms with E-state index in [9.17, 15) is 25.9 Å². The van der Waals surface area contributed by atoms with E-state index in [-0.39, 0.29) is 45.3 Å². The minimum absolute atomic E-state index is 0.0470. The van der Waals surface area contributed by atoms with Gasteiger partial charge in [-0.05, 0) is 23.3 Å². The fourth-order valence-corrected chi connectivity index (χ4v) is 5.23. The van der Waals surface area contributed by atoms with Crippen LogP contribution in [0.5, 0.6) is 0 Å². The molecule has 0 bridgehead atoms. The predicted octanol–water partition coefficient (Wildman–Crippen LogP) is 1.22. The molecule has 14 nitrogen and oxygen atoms in total. The molecule has 0 atom stereocenters. The van der Waals surface area contributed by atoms with Crippen LogP contribution in [0.2, 0.25) is 0 Å². The smallest absolute Gasteiger partial charge is 0.295 e. The number of nitrogens with zero attached hydrogens (tertiary/aromatic N) is 6. The standard InChI is InChI=1S/C20H16N8O6S2/c21-13-5-3-11(17(35(29,30)31)15(13)19-25-7-23-8-26-19)1-2-12-4-6-14(22)16(18(12)36(32,33)34)20-27-9-24-10-28-20/h1-10H,21-22H2,(H,29,30,31)(H,32,33,34)/b2-1+. The molecule has 36 heavy (non-hydrogen) atoms. The molecule has 0 aliphatic carbocycles. The highest BCUT2D eigenvalue weighted by molar-refractivity contribution is 7.86. The van der Waals surface area contributed by atoms with Gasteiger partial charge in [0, 0.05) is 11.4 Å². The van der Waals surface area contributed by atoms with Gasteiger partial charge < -0.3 is 11.5 Å². The van der Waals surface area contributed by atoms with Crippen molar-refractivity contribution in [2.24, 2.45) is 0 Å². The Labute approximate surface area is 204 Å². The van der Waals surface area contributed by atoms with Gasteiger partial charge in [0.2, 0.25) is 0 Å². The normalized spacial score (nSPS) is 12.2. The first kappa shape index (κ1) is 24.7. The first-order chi connectivity index (χ1) is 17.0. The molecule has 6 N–H and O–H groups in total. The molecule has 0 fully saturated rings. The van der Waals surface area contributed by atoms with Gasteiger partial charge in [-0.15, -0.1) is 0 Å². The lowest BCUT2D eigenvalue weighted by molar-refractivity contribution is 0.481. The molecule has 4 aromatic rings. The highest BCUT2D eigenvalue weighted by Gasteiger charge is 2.26. The van der Waals surface area contributed by atoms with E-state index in [1.54, 1.807) is 0 Å². The monoisotopic (exact) mass is 528 g/mol. The summed E-state index contributed by atoms with van der Waals surface area (Å²) in [5, 5.41) is 0. The van der Waals surface area contributed by atoms with Gasteiger partial charge in [-0.1, -0.05) is 24.3 Å². The minimum Gasteiger partial charge on any atom is -0.398 e. The third kappa shape index (κ3) is 4.86. The summed E-state index contributed by atoms with van der Waals surface area (Å²) in [5.41, 5.74) is 11.3. The molecule has 2 heterocycles. The van der Waals surface area contributed by atoms with E-state index in [4.69, 9.17) is 11.5 Å². The van der Waals surface area contributed by atoms with Crippen LogP contribution < -0.4 is 11.5 Å². The number of aromatic nitrogens is 6. The Morgan fingerprint density at radius 2 is 0.944 bits per heavy atom. The zero-order valence-corrected chi connectivity index (χ0v) is 19.6. The molecule has 0 saturated heterocycles. The molecule has 16 heteroatoms. The van der Waals surface area contributed by atoms with Gasteiger partial charge in [0.25, 0.3) is 20.2 Å². The van der Waals surface area contributed by atoms with Gasteiger partial charge in [0.05, 0.1) is 11.1 Å². The van der Waals surface area contributed by atoms with Crippen molar-refractivity contribution in [2.45, 2.75) is 9.79 Å².